The minimum absolute atomic E-state index is 0.281. The van der Waals surface area contributed by atoms with E-state index in [1.165, 1.54) is 0 Å². The van der Waals surface area contributed by atoms with E-state index in [-0.39, 0.29) is 5.92 Å². The number of rotatable bonds is 1. The highest BCUT2D eigenvalue weighted by Crippen LogP contribution is 2.31. The number of nitrogens with two attached hydrogens (primary N) is 1. The van der Waals surface area contributed by atoms with Crippen molar-refractivity contribution in [2.24, 2.45) is 0 Å². The highest BCUT2D eigenvalue weighted by atomic mass is 16.5. The first-order valence-corrected chi connectivity index (χ1v) is 5.50. The van der Waals surface area contributed by atoms with Crippen LogP contribution in [-0.2, 0) is 4.74 Å². The predicted molar refractivity (Wildman–Crippen MR) is 61.2 cm³/mol. The molecule has 1 aliphatic rings. The molecule has 0 aliphatic carbocycles. The van der Waals surface area contributed by atoms with E-state index >= 15 is 0 Å². The molecule has 0 spiro atoms. The molecule has 1 fully saturated rings. The Morgan fingerprint density at radius 2 is 2.31 bits per heavy atom. The summed E-state index contributed by atoms with van der Waals surface area (Å²) in [5.41, 5.74) is 8.02. The van der Waals surface area contributed by atoms with Gasteiger partial charge in [0, 0.05) is 11.8 Å². The van der Waals surface area contributed by atoms with Gasteiger partial charge in [-0.2, -0.15) is 0 Å². The minimum atomic E-state index is 0.281. The zero-order chi connectivity index (χ0) is 11.1. The van der Waals surface area contributed by atoms with Crippen molar-refractivity contribution in [2.45, 2.75) is 25.4 Å². The SMILES string of the molecule is CC1CC(c2nc3ccc(N)cc3o2)CO1. The summed E-state index contributed by atoms with van der Waals surface area (Å²) in [4.78, 5) is 4.47. The van der Waals surface area contributed by atoms with E-state index in [1.807, 2.05) is 18.2 Å². The molecular formula is C12H14N2O2. The Labute approximate surface area is 93.4 Å². The summed E-state index contributed by atoms with van der Waals surface area (Å²) >= 11 is 0. The van der Waals surface area contributed by atoms with Crippen LogP contribution < -0.4 is 5.73 Å². The number of nitrogens with zero attached hydrogens (tertiary/aromatic N) is 1. The summed E-state index contributed by atoms with van der Waals surface area (Å²) in [6, 6.07) is 5.53. The monoisotopic (exact) mass is 218 g/mol. The number of ether oxygens (including phenoxy) is 1. The third-order valence-electron chi connectivity index (χ3n) is 2.98. The number of benzene rings is 1. The molecule has 2 atom stereocenters. The van der Waals surface area contributed by atoms with Gasteiger partial charge in [0.1, 0.15) is 5.52 Å². The summed E-state index contributed by atoms with van der Waals surface area (Å²) in [7, 11) is 0. The normalized spacial score (nSPS) is 25.3. The van der Waals surface area contributed by atoms with Crippen molar-refractivity contribution in [3.05, 3.63) is 24.1 Å². The van der Waals surface area contributed by atoms with E-state index in [9.17, 15) is 0 Å². The molecule has 2 unspecified atom stereocenters. The lowest BCUT2D eigenvalue weighted by Crippen LogP contribution is -1.97. The van der Waals surface area contributed by atoms with Gasteiger partial charge in [0.05, 0.1) is 18.6 Å². The van der Waals surface area contributed by atoms with Gasteiger partial charge in [-0.3, -0.25) is 0 Å². The molecule has 4 heteroatoms. The van der Waals surface area contributed by atoms with E-state index in [2.05, 4.69) is 11.9 Å². The summed E-state index contributed by atoms with van der Waals surface area (Å²) < 4.78 is 11.2. The molecule has 16 heavy (non-hydrogen) atoms. The maximum Gasteiger partial charge on any atom is 0.201 e. The highest BCUT2D eigenvalue weighted by molar-refractivity contribution is 5.76. The Morgan fingerprint density at radius 1 is 1.44 bits per heavy atom. The van der Waals surface area contributed by atoms with Gasteiger partial charge in [0.25, 0.3) is 0 Å². The molecule has 0 radical (unpaired) electrons. The fraction of sp³-hybridized carbons (Fsp3) is 0.417. The minimum Gasteiger partial charge on any atom is -0.440 e. The number of hydrogen-bond acceptors (Lipinski definition) is 4. The van der Waals surface area contributed by atoms with E-state index < -0.39 is 0 Å². The largest absolute Gasteiger partial charge is 0.440 e. The molecule has 0 amide bonds. The highest BCUT2D eigenvalue weighted by Gasteiger charge is 2.27. The van der Waals surface area contributed by atoms with Crippen molar-refractivity contribution in [1.29, 1.82) is 0 Å². The Balaban J connectivity index is 1.99. The van der Waals surface area contributed by atoms with Crippen LogP contribution in [-0.4, -0.2) is 17.7 Å². The second kappa shape index (κ2) is 3.49. The Bertz CT molecular complexity index is 521. The lowest BCUT2D eigenvalue weighted by Gasteiger charge is -1.99. The third-order valence-corrected chi connectivity index (χ3v) is 2.98. The van der Waals surface area contributed by atoms with E-state index in [0.717, 1.165) is 23.4 Å². The fourth-order valence-corrected chi connectivity index (χ4v) is 2.12. The average Bonchev–Trinajstić information content (AvgIpc) is 2.83. The Hall–Kier alpha value is -1.55. The van der Waals surface area contributed by atoms with Crippen molar-refractivity contribution in [3.8, 4) is 0 Å². The second-order valence-electron chi connectivity index (χ2n) is 4.36. The molecule has 4 nitrogen and oxygen atoms in total. The van der Waals surface area contributed by atoms with Crippen LogP contribution in [0.25, 0.3) is 11.1 Å². The van der Waals surface area contributed by atoms with E-state index in [1.54, 1.807) is 0 Å². The first-order valence-electron chi connectivity index (χ1n) is 5.50. The molecule has 2 aromatic rings. The third kappa shape index (κ3) is 1.55. The van der Waals surface area contributed by atoms with Crippen molar-refractivity contribution >= 4 is 16.8 Å². The van der Waals surface area contributed by atoms with Gasteiger partial charge < -0.3 is 14.9 Å². The standard InChI is InChI=1S/C12H14N2O2/c1-7-4-8(6-15-7)12-14-10-3-2-9(13)5-11(10)16-12/h2-3,5,7-8H,4,6,13H2,1H3. The average molecular weight is 218 g/mol. The molecule has 1 aromatic heterocycles. The Kier molecular flexibility index (Phi) is 2.11. The first kappa shape index (κ1) is 9.66. The van der Waals surface area contributed by atoms with Crippen molar-refractivity contribution in [2.75, 3.05) is 12.3 Å². The molecular weight excluding hydrogens is 204 g/mol. The fourth-order valence-electron chi connectivity index (χ4n) is 2.12. The predicted octanol–water partition coefficient (Wildman–Crippen LogP) is 2.30. The Morgan fingerprint density at radius 3 is 3.06 bits per heavy atom. The maximum atomic E-state index is 5.71. The van der Waals surface area contributed by atoms with Gasteiger partial charge in [0.15, 0.2) is 5.58 Å². The molecule has 0 bridgehead atoms. The number of fused-ring (bicyclic) bond motifs is 1. The van der Waals surface area contributed by atoms with E-state index in [4.69, 9.17) is 14.9 Å². The topological polar surface area (TPSA) is 61.3 Å². The van der Waals surface area contributed by atoms with Crippen LogP contribution in [0.3, 0.4) is 0 Å². The molecule has 2 heterocycles. The van der Waals surface area contributed by atoms with Crippen LogP contribution in [0.4, 0.5) is 5.69 Å². The van der Waals surface area contributed by atoms with Crippen LogP contribution in [0, 0.1) is 0 Å². The first-order chi connectivity index (χ1) is 7.72. The van der Waals surface area contributed by atoms with Crippen LogP contribution in [0.15, 0.2) is 22.6 Å². The molecule has 1 aromatic carbocycles. The number of anilines is 1. The lowest BCUT2D eigenvalue weighted by molar-refractivity contribution is 0.122. The number of hydrogen-bond donors (Lipinski definition) is 1. The summed E-state index contributed by atoms with van der Waals surface area (Å²) in [6.45, 7) is 2.77. The van der Waals surface area contributed by atoms with Gasteiger partial charge in [-0.25, -0.2) is 4.98 Å². The maximum absolute atomic E-state index is 5.71. The summed E-state index contributed by atoms with van der Waals surface area (Å²) in [6.07, 6.45) is 1.27. The number of nitrogen functional groups attached to an aromatic ring is 1. The summed E-state index contributed by atoms with van der Waals surface area (Å²) in [5.74, 6) is 1.05. The number of oxazole rings is 1. The van der Waals surface area contributed by atoms with Gasteiger partial charge >= 0.3 is 0 Å². The van der Waals surface area contributed by atoms with Gasteiger partial charge in [-0.1, -0.05) is 0 Å². The molecule has 3 rings (SSSR count). The quantitative estimate of drug-likeness (QED) is 0.746. The van der Waals surface area contributed by atoms with Crippen LogP contribution in [0.5, 0.6) is 0 Å². The number of aromatic nitrogens is 1. The second-order valence-corrected chi connectivity index (χ2v) is 4.36. The van der Waals surface area contributed by atoms with Crippen molar-refractivity contribution in [3.63, 3.8) is 0 Å². The van der Waals surface area contributed by atoms with Crippen LogP contribution in [0.2, 0.25) is 0 Å². The summed E-state index contributed by atoms with van der Waals surface area (Å²) in [5, 5.41) is 0. The van der Waals surface area contributed by atoms with Crippen molar-refractivity contribution in [1.82, 2.24) is 4.98 Å². The van der Waals surface area contributed by atoms with Crippen LogP contribution >= 0.6 is 0 Å². The molecule has 1 saturated heterocycles. The van der Waals surface area contributed by atoms with E-state index in [0.29, 0.717) is 18.4 Å². The van der Waals surface area contributed by atoms with Gasteiger partial charge in [-0.05, 0) is 25.5 Å². The molecule has 84 valence electrons. The molecule has 2 N–H and O–H groups in total. The zero-order valence-electron chi connectivity index (χ0n) is 9.14. The van der Waals surface area contributed by atoms with Gasteiger partial charge in [0.2, 0.25) is 5.89 Å². The lowest BCUT2D eigenvalue weighted by atomic mass is 10.1. The zero-order valence-corrected chi connectivity index (χ0v) is 9.14. The molecule has 1 aliphatic heterocycles. The van der Waals surface area contributed by atoms with Crippen LogP contribution in [0.1, 0.15) is 25.2 Å². The van der Waals surface area contributed by atoms with Gasteiger partial charge in [-0.15, -0.1) is 0 Å². The smallest absolute Gasteiger partial charge is 0.201 e. The molecule has 0 saturated carbocycles. The van der Waals surface area contributed by atoms with Crippen molar-refractivity contribution < 1.29 is 9.15 Å².